The van der Waals surface area contributed by atoms with Crippen LogP contribution in [0.25, 0.3) is 22.2 Å². The van der Waals surface area contributed by atoms with Crippen LogP contribution in [-0.2, 0) is 0 Å². The molecule has 5 rings (SSSR count). The number of nitrogens with one attached hydrogen (secondary N) is 1. The molecule has 3 heterocycles. The van der Waals surface area contributed by atoms with Gasteiger partial charge in [-0.25, -0.2) is 9.97 Å². The Morgan fingerprint density at radius 2 is 1.71 bits per heavy atom. The molecule has 5 aromatic rings. The van der Waals surface area contributed by atoms with Gasteiger partial charge in [-0.1, -0.05) is 36.4 Å². The van der Waals surface area contributed by atoms with E-state index >= 15 is 0 Å². The van der Waals surface area contributed by atoms with Gasteiger partial charge in [0.05, 0.1) is 17.2 Å². The zero-order valence-corrected chi connectivity index (χ0v) is 16.3. The van der Waals surface area contributed by atoms with Gasteiger partial charge in [-0.15, -0.1) is 0 Å². The number of rotatable bonds is 4. The van der Waals surface area contributed by atoms with Gasteiger partial charge in [-0.05, 0) is 30.3 Å². The fraction of sp³-hybridized carbons (Fsp3) is 0. The summed E-state index contributed by atoms with van der Waals surface area (Å²) in [4.78, 5) is 26.6. The molecule has 0 aliphatic carbocycles. The summed E-state index contributed by atoms with van der Waals surface area (Å²) in [6.45, 7) is 0. The lowest BCUT2D eigenvalue weighted by Gasteiger charge is -2.05. The quantitative estimate of drug-likeness (QED) is 0.441. The van der Waals surface area contributed by atoms with Crippen LogP contribution in [0.5, 0.6) is 0 Å². The average molecular weight is 407 g/mol. The van der Waals surface area contributed by atoms with Crippen LogP contribution in [0.2, 0.25) is 0 Å². The molecule has 0 atom stereocenters. The maximum Gasteiger partial charge on any atom is 0.261 e. The molecular formula is C23H17N7O. The monoisotopic (exact) mass is 407 g/mol. The van der Waals surface area contributed by atoms with Crippen molar-refractivity contribution in [3.8, 4) is 0 Å². The van der Waals surface area contributed by atoms with Gasteiger partial charge in [-0.3, -0.25) is 9.78 Å². The highest BCUT2D eigenvalue weighted by Gasteiger charge is 2.24. The van der Waals surface area contributed by atoms with Gasteiger partial charge in [0, 0.05) is 23.6 Å². The van der Waals surface area contributed by atoms with Gasteiger partial charge in [0.15, 0.2) is 5.65 Å². The summed E-state index contributed by atoms with van der Waals surface area (Å²) < 4.78 is 1.43. The van der Waals surface area contributed by atoms with Gasteiger partial charge < -0.3 is 11.1 Å². The van der Waals surface area contributed by atoms with Gasteiger partial charge in [0.1, 0.15) is 16.9 Å². The van der Waals surface area contributed by atoms with Crippen LogP contribution in [-0.4, -0.2) is 31.7 Å². The molecule has 2 aromatic carbocycles. The molecule has 0 saturated carbocycles. The Hall–Kier alpha value is -4.59. The van der Waals surface area contributed by atoms with Crippen LogP contribution in [0.3, 0.4) is 0 Å². The summed E-state index contributed by atoms with van der Waals surface area (Å²) in [7, 11) is 0. The number of carbonyl (C=O) groups excluding carboxylic acids is 1. The van der Waals surface area contributed by atoms with Crippen LogP contribution >= 0.6 is 0 Å². The smallest absolute Gasteiger partial charge is 0.261 e. The number of hydrogen-bond acceptors (Lipinski definition) is 6. The number of nitrogens with two attached hydrogens (primary N) is 1. The number of hydrogen-bond donors (Lipinski definition) is 2. The number of carbonyl (C=O) groups is 1. The number of nitrogen functional groups attached to an aromatic ring is 1. The van der Waals surface area contributed by atoms with Crippen molar-refractivity contribution >= 4 is 45.8 Å². The van der Waals surface area contributed by atoms with Crippen LogP contribution in [0, 0.1) is 0 Å². The van der Waals surface area contributed by atoms with Crippen LogP contribution in [0.15, 0.2) is 84.2 Å². The fourth-order valence-corrected chi connectivity index (χ4v) is 3.28. The van der Waals surface area contributed by atoms with Gasteiger partial charge in [0.25, 0.3) is 5.91 Å². The van der Waals surface area contributed by atoms with Crippen molar-refractivity contribution in [3.63, 3.8) is 0 Å². The molecule has 8 nitrogen and oxygen atoms in total. The number of benzene rings is 2. The van der Waals surface area contributed by atoms with E-state index in [2.05, 4.69) is 25.4 Å². The number of pyridine rings is 1. The third kappa shape index (κ3) is 3.46. The first kappa shape index (κ1) is 18.4. The molecule has 0 saturated heterocycles. The number of amides is 1. The maximum atomic E-state index is 13.1. The number of nitrogens with zero attached hydrogens (tertiary/aromatic N) is 5. The highest BCUT2D eigenvalue weighted by molar-refractivity contribution is 6.16. The predicted molar refractivity (Wildman–Crippen MR) is 121 cm³/mol. The summed E-state index contributed by atoms with van der Waals surface area (Å²) in [6.07, 6.45) is 4.97. The van der Waals surface area contributed by atoms with Crippen molar-refractivity contribution in [3.05, 3.63) is 90.3 Å². The lowest BCUT2D eigenvalue weighted by atomic mass is 10.2. The summed E-state index contributed by atoms with van der Waals surface area (Å²) in [6, 6.07) is 20.3. The van der Waals surface area contributed by atoms with E-state index in [4.69, 9.17) is 5.73 Å². The SMILES string of the molecule is Nc1c(C(=O)Nc2ccccc2)c2nc3ccccc3nc2n1N=Cc1cccnc1. The highest BCUT2D eigenvalue weighted by Crippen LogP contribution is 2.28. The second-order valence-electron chi connectivity index (χ2n) is 6.81. The molecule has 3 N–H and O–H groups in total. The fourth-order valence-electron chi connectivity index (χ4n) is 3.28. The molecule has 0 radical (unpaired) electrons. The largest absolute Gasteiger partial charge is 0.383 e. The van der Waals surface area contributed by atoms with E-state index in [-0.39, 0.29) is 17.3 Å². The standard InChI is InChI=1S/C23H17N7O/c24-21-19(23(31)27-16-8-2-1-3-9-16)20-22(29-18-11-5-4-10-17(18)28-20)30(21)26-14-15-7-6-12-25-13-15/h1-14H,24H2,(H,27,31). The molecule has 31 heavy (non-hydrogen) atoms. The molecule has 0 aliphatic heterocycles. The first-order chi connectivity index (χ1) is 15.2. The maximum absolute atomic E-state index is 13.1. The molecule has 0 bridgehead atoms. The van der Waals surface area contributed by atoms with Gasteiger partial charge >= 0.3 is 0 Å². The number of anilines is 2. The Morgan fingerprint density at radius 3 is 2.45 bits per heavy atom. The minimum atomic E-state index is -0.381. The summed E-state index contributed by atoms with van der Waals surface area (Å²) >= 11 is 0. The van der Waals surface area contributed by atoms with Crippen LogP contribution in [0.1, 0.15) is 15.9 Å². The molecule has 8 heteroatoms. The Kier molecular flexibility index (Phi) is 4.57. The average Bonchev–Trinajstić information content (AvgIpc) is 3.07. The zero-order chi connectivity index (χ0) is 21.2. The Labute approximate surface area is 177 Å². The van der Waals surface area contributed by atoms with Crippen LogP contribution < -0.4 is 11.1 Å². The van der Waals surface area contributed by atoms with E-state index in [1.807, 2.05) is 54.6 Å². The highest BCUT2D eigenvalue weighted by atomic mass is 16.1. The lowest BCUT2D eigenvalue weighted by molar-refractivity contribution is 0.102. The minimum absolute atomic E-state index is 0.152. The van der Waals surface area contributed by atoms with E-state index in [9.17, 15) is 4.79 Å². The molecule has 3 aromatic heterocycles. The Balaban J connectivity index is 1.68. The molecule has 0 unspecified atom stereocenters. The van der Waals surface area contributed by atoms with Crippen molar-refractivity contribution in [2.24, 2.45) is 5.10 Å². The second kappa shape index (κ2) is 7.68. The van der Waals surface area contributed by atoms with Crippen molar-refractivity contribution in [1.29, 1.82) is 0 Å². The second-order valence-corrected chi connectivity index (χ2v) is 6.81. The molecular weight excluding hydrogens is 390 g/mol. The molecule has 1 amide bonds. The Morgan fingerprint density at radius 1 is 0.968 bits per heavy atom. The molecule has 0 aliphatic rings. The van der Waals surface area contributed by atoms with Gasteiger partial charge in [-0.2, -0.15) is 9.78 Å². The predicted octanol–water partition coefficient (Wildman–Crippen LogP) is 3.70. The minimum Gasteiger partial charge on any atom is -0.383 e. The molecule has 0 fully saturated rings. The van der Waals surface area contributed by atoms with Crippen molar-refractivity contribution in [1.82, 2.24) is 19.6 Å². The number of aromatic nitrogens is 4. The number of fused-ring (bicyclic) bond motifs is 2. The molecule has 150 valence electrons. The zero-order valence-electron chi connectivity index (χ0n) is 16.3. The van der Waals surface area contributed by atoms with E-state index in [0.29, 0.717) is 27.9 Å². The third-order valence-electron chi connectivity index (χ3n) is 4.74. The van der Waals surface area contributed by atoms with Crippen molar-refractivity contribution < 1.29 is 4.79 Å². The first-order valence-electron chi connectivity index (χ1n) is 9.58. The molecule has 0 spiro atoms. The summed E-state index contributed by atoms with van der Waals surface area (Å²) in [5.74, 6) is -0.229. The van der Waals surface area contributed by atoms with E-state index in [1.54, 1.807) is 30.7 Å². The van der Waals surface area contributed by atoms with Gasteiger partial charge in [0.2, 0.25) is 0 Å². The summed E-state index contributed by atoms with van der Waals surface area (Å²) in [5.41, 5.74) is 10.2. The Bertz CT molecular complexity index is 1430. The van der Waals surface area contributed by atoms with E-state index < -0.39 is 0 Å². The number of para-hydroxylation sites is 3. The van der Waals surface area contributed by atoms with Crippen LogP contribution in [0.4, 0.5) is 11.5 Å². The van der Waals surface area contributed by atoms with E-state index in [0.717, 1.165) is 5.56 Å². The van der Waals surface area contributed by atoms with Crippen molar-refractivity contribution in [2.45, 2.75) is 0 Å². The van der Waals surface area contributed by atoms with Crippen molar-refractivity contribution in [2.75, 3.05) is 11.1 Å². The topological polar surface area (TPSA) is 111 Å². The summed E-state index contributed by atoms with van der Waals surface area (Å²) in [5, 5.41) is 7.33. The first-order valence-corrected chi connectivity index (χ1v) is 9.58. The normalized spacial score (nSPS) is 11.4. The lowest BCUT2D eigenvalue weighted by Crippen LogP contribution is -2.14. The van der Waals surface area contributed by atoms with E-state index in [1.165, 1.54) is 4.68 Å². The third-order valence-corrected chi connectivity index (χ3v) is 4.74.